The molecule has 0 radical (unpaired) electrons. The van der Waals surface area contributed by atoms with Crippen molar-refractivity contribution in [1.82, 2.24) is 0 Å². The van der Waals surface area contributed by atoms with Gasteiger partial charge < -0.3 is 9.32 Å². The maximum atomic E-state index is 6.48. The van der Waals surface area contributed by atoms with Crippen LogP contribution in [0.25, 0.3) is 77.2 Å². The monoisotopic (exact) mass is 785 g/mol. The van der Waals surface area contributed by atoms with Crippen LogP contribution >= 0.6 is 0 Å². The average molecular weight is 786 g/mol. The van der Waals surface area contributed by atoms with Crippen molar-refractivity contribution < 1.29 is 4.42 Å². The second kappa shape index (κ2) is 14.0. The lowest BCUT2D eigenvalue weighted by atomic mass is 9.79. The van der Waals surface area contributed by atoms with Crippen molar-refractivity contribution in [3.8, 4) is 44.5 Å². The zero-order chi connectivity index (χ0) is 41.5. The highest BCUT2D eigenvalue weighted by atomic mass is 16.3. The van der Waals surface area contributed by atoms with E-state index in [2.05, 4.69) is 222 Å². The van der Waals surface area contributed by atoms with Crippen LogP contribution in [0.1, 0.15) is 51.3 Å². The van der Waals surface area contributed by atoms with Gasteiger partial charge in [0.15, 0.2) is 0 Å². The molecule has 1 aromatic heterocycles. The summed E-state index contributed by atoms with van der Waals surface area (Å²) in [5.74, 6) is 0. The largest absolute Gasteiger partial charge is 0.455 e. The van der Waals surface area contributed by atoms with Crippen LogP contribution in [0.15, 0.2) is 199 Å². The Morgan fingerprint density at radius 2 is 1.02 bits per heavy atom. The highest BCUT2D eigenvalue weighted by Crippen LogP contribution is 2.54. The molecule has 1 aliphatic carbocycles. The third kappa shape index (κ3) is 6.00. The Morgan fingerprint density at radius 1 is 0.443 bits per heavy atom. The molecule has 0 N–H and O–H groups in total. The first kappa shape index (κ1) is 36.9. The van der Waals surface area contributed by atoms with Crippen molar-refractivity contribution in [2.75, 3.05) is 4.90 Å². The minimum Gasteiger partial charge on any atom is -0.455 e. The van der Waals surface area contributed by atoms with E-state index in [-0.39, 0.29) is 10.8 Å². The summed E-state index contributed by atoms with van der Waals surface area (Å²) in [7, 11) is 0. The molecule has 2 nitrogen and oxygen atoms in total. The number of fused-ring (bicyclic) bond motifs is 7. The topological polar surface area (TPSA) is 16.4 Å². The molecule has 0 spiro atoms. The maximum Gasteiger partial charge on any atom is 0.143 e. The van der Waals surface area contributed by atoms with Crippen molar-refractivity contribution in [1.29, 1.82) is 0 Å². The lowest BCUT2D eigenvalue weighted by Gasteiger charge is -2.29. The van der Waals surface area contributed by atoms with Crippen LogP contribution in [-0.4, -0.2) is 0 Å². The number of para-hydroxylation sites is 3. The van der Waals surface area contributed by atoms with Crippen LogP contribution in [0.2, 0.25) is 0 Å². The Hall–Kier alpha value is -7.16. The summed E-state index contributed by atoms with van der Waals surface area (Å²) in [6, 6.07) is 71.1. The van der Waals surface area contributed by atoms with E-state index >= 15 is 0 Å². The smallest absolute Gasteiger partial charge is 0.143 e. The average Bonchev–Trinajstić information content (AvgIpc) is 3.78. The fourth-order valence-corrected chi connectivity index (χ4v) is 9.83. The molecule has 1 heterocycles. The summed E-state index contributed by atoms with van der Waals surface area (Å²) in [5, 5.41) is 4.77. The SMILES string of the molecule is CC(C)(C)c1ccc2c(c1)C(C)(C)c1cccc(-c3ccccc3N(c3ccc(-c4cccc5ccccc45)cc3)c3ccc(-c4cccc5c4oc4ccccc45)cc3)c1-2. The molecular formula is C59H47NO. The molecule has 9 aromatic carbocycles. The second-order valence-electron chi connectivity index (χ2n) is 18.1. The number of rotatable bonds is 6. The van der Waals surface area contributed by atoms with E-state index in [1.54, 1.807) is 0 Å². The van der Waals surface area contributed by atoms with Crippen molar-refractivity contribution in [3.63, 3.8) is 0 Å². The number of hydrogen-bond donors (Lipinski definition) is 0. The molecular weight excluding hydrogens is 739 g/mol. The van der Waals surface area contributed by atoms with Gasteiger partial charge in [-0.2, -0.15) is 0 Å². The van der Waals surface area contributed by atoms with Crippen molar-refractivity contribution in [2.45, 2.75) is 45.4 Å². The minimum atomic E-state index is -0.132. The molecule has 0 saturated heterocycles. The molecule has 0 unspecified atom stereocenters. The molecule has 0 amide bonds. The summed E-state index contributed by atoms with van der Waals surface area (Å²) in [5.41, 5.74) is 18.9. The van der Waals surface area contributed by atoms with Crippen molar-refractivity contribution >= 4 is 49.8 Å². The fourth-order valence-electron chi connectivity index (χ4n) is 9.83. The summed E-state index contributed by atoms with van der Waals surface area (Å²) >= 11 is 0. The van der Waals surface area contributed by atoms with Gasteiger partial charge in [-0.3, -0.25) is 0 Å². The quantitative estimate of drug-likeness (QED) is 0.167. The van der Waals surface area contributed by atoms with Crippen LogP contribution in [0.3, 0.4) is 0 Å². The Balaban J connectivity index is 1.08. The van der Waals surface area contributed by atoms with Crippen LogP contribution in [0.5, 0.6) is 0 Å². The molecule has 0 saturated carbocycles. The number of anilines is 3. The van der Waals surface area contributed by atoms with Gasteiger partial charge in [0.2, 0.25) is 0 Å². The van der Waals surface area contributed by atoms with E-state index in [1.165, 1.54) is 60.8 Å². The zero-order valence-electron chi connectivity index (χ0n) is 35.3. The van der Waals surface area contributed by atoms with Crippen LogP contribution in [-0.2, 0) is 10.8 Å². The number of nitrogens with zero attached hydrogens (tertiary/aromatic N) is 1. The molecule has 2 heteroatoms. The summed E-state index contributed by atoms with van der Waals surface area (Å²) < 4.78 is 6.48. The normalized spacial score (nSPS) is 13.1. The Kier molecular flexibility index (Phi) is 8.44. The predicted molar refractivity (Wildman–Crippen MR) is 258 cm³/mol. The van der Waals surface area contributed by atoms with Gasteiger partial charge in [0, 0.05) is 38.7 Å². The molecule has 61 heavy (non-hydrogen) atoms. The number of furan rings is 1. The molecule has 294 valence electrons. The maximum absolute atomic E-state index is 6.48. The van der Waals surface area contributed by atoms with Gasteiger partial charge in [0.05, 0.1) is 5.69 Å². The highest BCUT2D eigenvalue weighted by molar-refractivity contribution is 6.09. The first-order valence-electron chi connectivity index (χ1n) is 21.4. The third-order valence-electron chi connectivity index (χ3n) is 13.1. The predicted octanol–water partition coefficient (Wildman–Crippen LogP) is 16.8. The van der Waals surface area contributed by atoms with E-state index in [0.717, 1.165) is 50.1 Å². The Morgan fingerprint density at radius 3 is 1.79 bits per heavy atom. The van der Waals surface area contributed by atoms with Gasteiger partial charge in [-0.05, 0) is 103 Å². The van der Waals surface area contributed by atoms with E-state index in [9.17, 15) is 0 Å². The van der Waals surface area contributed by atoms with Crippen LogP contribution < -0.4 is 4.90 Å². The molecule has 0 atom stereocenters. The lowest BCUT2D eigenvalue weighted by molar-refractivity contribution is 0.584. The van der Waals surface area contributed by atoms with Crippen molar-refractivity contribution in [2.24, 2.45) is 0 Å². The lowest BCUT2D eigenvalue weighted by Crippen LogP contribution is -2.17. The Bertz CT molecular complexity index is 3300. The van der Waals surface area contributed by atoms with E-state index in [0.29, 0.717) is 0 Å². The molecule has 0 bridgehead atoms. The van der Waals surface area contributed by atoms with Gasteiger partial charge in [-0.15, -0.1) is 0 Å². The second-order valence-corrected chi connectivity index (χ2v) is 18.1. The van der Waals surface area contributed by atoms with Gasteiger partial charge >= 0.3 is 0 Å². The summed E-state index contributed by atoms with van der Waals surface area (Å²) in [6.45, 7) is 11.7. The fraction of sp³-hybridized carbons (Fsp3) is 0.119. The van der Waals surface area contributed by atoms with Gasteiger partial charge in [0.1, 0.15) is 11.2 Å². The molecule has 1 aliphatic rings. The van der Waals surface area contributed by atoms with E-state index in [4.69, 9.17) is 4.42 Å². The van der Waals surface area contributed by atoms with Crippen molar-refractivity contribution in [3.05, 3.63) is 211 Å². The standard InChI is InChI=1S/C59H47NO/c1-58(2,3)41-31-36-51-53(37-41)59(4,5)52-24-14-22-49(56(51)52)47-18-8-10-25-54(47)60(42-32-27-39(28-33-42)45-20-12-16-38-15-6-7-17-44(38)45)43-34-29-40(30-35-43)46-21-13-23-50-48-19-9-11-26-55(48)61-57(46)50/h6-37H,1-5H3. The van der Waals surface area contributed by atoms with E-state index in [1.807, 2.05) is 12.1 Å². The Labute approximate surface area is 358 Å². The summed E-state index contributed by atoms with van der Waals surface area (Å²) in [4.78, 5) is 2.43. The first-order valence-corrected chi connectivity index (χ1v) is 21.4. The highest BCUT2D eigenvalue weighted by Gasteiger charge is 2.38. The molecule has 0 aliphatic heterocycles. The van der Waals surface area contributed by atoms with Crippen LogP contribution in [0.4, 0.5) is 17.1 Å². The molecule has 10 aromatic rings. The minimum absolute atomic E-state index is 0.0626. The molecule has 0 fully saturated rings. The van der Waals surface area contributed by atoms with Gasteiger partial charge in [-0.1, -0.05) is 192 Å². The van der Waals surface area contributed by atoms with Gasteiger partial charge in [0.25, 0.3) is 0 Å². The number of benzene rings is 9. The number of hydrogen-bond acceptors (Lipinski definition) is 2. The molecule has 11 rings (SSSR count). The zero-order valence-corrected chi connectivity index (χ0v) is 35.3. The van der Waals surface area contributed by atoms with Gasteiger partial charge in [-0.25, -0.2) is 0 Å². The third-order valence-corrected chi connectivity index (χ3v) is 13.1. The first-order chi connectivity index (χ1) is 29.6. The van der Waals surface area contributed by atoms with E-state index < -0.39 is 0 Å². The summed E-state index contributed by atoms with van der Waals surface area (Å²) in [6.07, 6.45) is 0. The van der Waals surface area contributed by atoms with Crippen LogP contribution in [0, 0.1) is 0 Å².